The molecule has 1 heterocycles. The lowest BCUT2D eigenvalue weighted by Gasteiger charge is -2.44. The highest BCUT2D eigenvalue weighted by Gasteiger charge is 2.40. The molecule has 0 aliphatic carbocycles. The molecule has 1 aliphatic heterocycles. The first-order chi connectivity index (χ1) is 9.25. The molecule has 0 spiro atoms. The van der Waals surface area contributed by atoms with Crippen LogP contribution in [0.5, 0.6) is 0 Å². The lowest BCUT2D eigenvalue weighted by molar-refractivity contribution is -0.140. The molecular formula is C16H25N3O. The molecule has 1 saturated heterocycles. The smallest absolute Gasteiger partial charge is 0.246 e. The van der Waals surface area contributed by atoms with E-state index >= 15 is 0 Å². The zero-order valence-corrected chi connectivity index (χ0v) is 12.6. The van der Waals surface area contributed by atoms with Crippen molar-refractivity contribution in [2.24, 2.45) is 16.9 Å². The molecule has 0 radical (unpaired) electrons. The predicted octanol–water partition coefficient (Wildman–Crippen LogP) is 1.45. The van der Waals surface area contributed by atoms with Crippen LogP contribution in [-0.2, 0) is 10.3 Å². The third-order valence-electron chi connectivity index (χ3n) is 4.42. The average Bonchev–Trinajstić information content (AvgIpc) is 2.42. The highest BCUT2D eigenvalue weighted by Crippen LogP contribution is 2.30. The maximum atomic E-state index is 12.8. The van der Waals surface area contributed by atoms with Crippen molar-refractivity contribution in [3.63, 3.8) is 0 Å². The molecule has 1 aromatic carbocycles. The Labute approximate surface area is 121 Å². The first-order valence-corrected chi connectivity index (χ1v) is 7.14. The Balaban J connectivity index is 2.19. The topological polar surface area (TPSA) is 72.4 Å². The van der Waals surface area contributed by atoms with Crippen LogP contribution >= 0.6 is 0 Å². The summed E-state index contributed by atoms with van der Waals surface area (Å²) in [5, 5.41) is 0. The summed E-state index contributed by atoms with van der Waals surface area (Å²) in [7, 11) is 0. The molecule has 20 heavy (non-hydrogen) atoms. The molecule has 1 fully saturated rings. The molecule has 110 valence electrons. The summed E-state index contributed by atoms with van der Waals surface area (Å²) in [6.45, 7) is 7.34. The van der Waals surface area contributed by atoms with Crippen molar-refractivity contribution in [3.05, 3.63) is 35.9 Å². The van der Waals surface area contributed by atoms with Crippen LogP contribution in [0.4, 0.5) is 0 Å². The molecule has 0 saturated carbocycles. The van der Waals surface area contributed by atoms with Crippen molar-refractivity contribution < 1.29 is 4.79 Å². The number of hydrogen-bond donors (Lipinski definition) is 2. The minimum Gasteiger partial charge on any atom is -0.340 e. The van der Waals surface area contributed by atoms with Crippen molar-refractivity contribution in [1.82, 2.24) is 4.90 Å². The number of nitrogens with two attached hydrogens (primary N) is 2. The van der Waals surface area contributed by atoms with Crippen LogP contribution in [0.1, 0.15) is 32.8 Å². The number of carbonyl (C=O) groups excluding carboxylic acids is 1. The van der Waals surface area contributed by atoms with Gasteiger partial charge in [-0.3, -0.25) is 4.79 Å². The number of nitrogens with zero attached hydrogens (tertiary/aromatic N) is 1. The molecule has 2 rings (SSSR count). The van der Waals surface area contributed by atoms with Crippen molar-refractivity contribution in [2.45, 2.75) is 38.8 Å². The number of amides is 1. The van der Waals surface area contributed by atoms with Crippen LogP contribution in [0.25, 0.3) is 0 Å². The third kappa shape index (κ3) is 2.72. The zero-order valence-electron chi connectivity index (χ0n) is 12.6. The number of likely N-dealkylation sites (tertiary alicyclic amines) is 1. The second-order valence-corrected chi connectivity index (χ2v) is 6.68. The maximum absolute atomic E-state index is 12.8. The lowest BCUT2D eigenvalue weighted by atomic mass is 9.79. The minimum atomic E-state index is -0.987. The van der Waals surface area contributed by atoms with Crippen LogP contribution in [0.2, 0.25) is 0 Å². The Morgan fingerprint density at radius 2 is 1.95 bits per heavy atom. The second-order valence-electron chi connectivity index (χ2n) is 6.68. The fourth-order valence-corrected chi connectivity index (χ4v) is 2.78. The molecule has 0 bridgehead atoms. The van der Waals surface area contributed by atoms with E-state index in [1.165, 1.54) is 0 Å². The molecule has 4 N–H and O–H groups in total. The Morgan fingerprint density at radius 3 is 2.50 bits per heavy atom. The molecule has 2 unspecified atom stereocenters. The Morgan fingerprint density at radius 1 is 1.35 bits per heavy atom. The van der Waals surface area contributed by atoms with E-state index in [2.05, 4.69) is 13.8 Å². The maximum Gasteiger partial charge on any atom is 0.246 e. The van der Waals surface area contributed by atoms with E-state index in [1.54, 1.807) is 6.92 Å². The average molecular weight is 275 g/mol. The van der Waals surface area contributed by atoms with E-state index in [1.807, 2.05) is 35.2 Å². The van der Waals surface area contributed by atoms with Crippen LogP contribution in [0.15, 0.2) is 30.3 Å². The monoisotopic (exact) mass is 275 g/mol. The van der Waals surface area contributed by atoms with Gasteiger partial charge in [0.25, 0.3) is 0 Å². The number of hydrogen-bond acceptors (Lipinski definition) is 3. The van der Waals surface area contributed by atoms with Gasteiger partial charge in [0.2, 0.25) is 5.91 Å². The summed E-state index contributed by atoms with van der Waals surface area (Å²) < 4.78 is 0. The van der Waals surface area contributed by atoms with E-state index in [0.717, 1.165) is 12.0 Å². The summed E-state index contributed by atoms with van der Waals surface area (Å²) in [6, 6.07) is 9.67. The van der Waals surface area contributed by atoms with Crippen molar-refractivity contribution in [1.29, 1.82) is 0 Å². The Kier molecular flexibility index (Phi) is 3.89. The zero-order chi connectivity index (χ0) is 15.0. The number of carbonyl (C=O) groups is 1. The van der Waals surface area contributed by atoms with Gasteiger partial charge in [0.15, 0.2) is 0 Å². The van der Waals surface area contributed by atoms with Crippen LogP contribution in [-0.4, -0.2) is 29.9 Å². The standard InChI is InChI=1S/C16H25N3O/c1-15(2)11-19(10-9-13(15)17)14(20)16(3,18)12-7-5-4-6-8-12/h4-8,13H,9-11,17-18H2,1-3H3. The van der Waals surface area contributed by atoms with E-state index in [9.17, 15) is 4.79 Å². The normalized spacial score (nSPS) is 25.1. The van der Waals surface area contributed by atoms with Crippen molar-refractivity contribution in [2.75, 3.05) is 13.1 Å². The molecule has 1 aliphatic rings. The number of piperidine rings is 1. The summed E-state index contributed by atoms with van der Waals surface area (Å²) >= 11 is 0. The summed E-state index contributed by atoms with van der Waals surface area (Å²) in [5.41, 5.74) is 12.2. The van der Waals surface area contributed by atoms with Gasteiger partial charge in [0.05, 0.1) is 0 Å². The number of rotatable bonds is 2. The summed E-state index contributed by atoms with van der Waals surface area (Å²) in [4.78, 5) is 14.6. The van der Waals surface area contributed by atoms with Gasteiger partial charge in [0.1, 0.15) is 5.54 Å². The van der Waals surface area contributed by atoms with E-state index in [-0.39, 0.29) is 17.4 Å². The van der Waals surface area contributed by atoms with Crippen molar-refractivity contribution in [3.8, 4) is 0 Å². The molecule has 2 atom stereocenters. The molecule has 1 amide bonds. The largest absolute Gasteiger partial charge is 0.340 e. The van der Waals surface area contributed by atoms with Gasteiger partial charge in [-0.15, -0.1) is 0 Å². The van der Waals surface area contributed by atoms with E-state index < -0.39 is 5.54 Å². The number of benzene rings is 1. The first kappa shape index (κ1) is 15.0. The van der Waals surface area contributed by atoms with Crippen LogP contribution < -0.4 is 11.5 Å². The van der Waals surface area contributed by atoms with Gasteiger partial charge in [0, 0.05) is 19.1 Å². The van der Waals surface area contributed by atoms with Gasteiger partial charge < -0.3 is 16.4 Å². The predicted molar refractivity (Wildman–Crippen MR) is 80.9 cm³/mol. The molecule has 0 aromatic heterocycles. The van der Waals surface area contributed by atoms with E-state index in [0.29, 0.717) is 13.1 Å². The Hall–Kier alpha value is -1.39. The Bertz CT molecular complexity index is 482. The van der Waals surface area contributed by atoms with Crippen LogP contribution in [0, 0.1) is 5.41 Å². The third-order valence-corrected chi connectivity index (χ3v) is 4.42. The minimum absolute atomic E-state index is 0.0244. The summed E-state index contributed by atoms with van der Waals surface area (Å²) in [6.07, 6.45) is 0.823. The van der Waals surface area contributed by atoms with E-state index in [4.69, 9.17) is 11.5 Å². The first-order valence-electron chi connectivity index (χ1n) is 7.14. The molecule has 4 nitrogen and oxygen atoms in total. The second kappa shape index (κ2) is 5.19. The lowest BCUT2D eigenvalue weighted by Crippen LogP contribution is -2.59. The van der Waals surface area contributed by atoms with Gasteiger partial charge in [-0.05, 0) is 24.3 Å². The fourth-order valence-electron chi connectivity index (χ4n) is 2.78. The fraction of sp³-hybridized carbons (Fsp3) is 0.562. The quantitative estimate of drug-likeness (QED) is 0.858. The van der Waals surface area contributed by atoms with Gasteiger partial charge in [-0.2, -0.15) is 0 Å². The molecule has 1 aromatic rings. The SMILES string of the molecule is CC(N)(C(=O)N1CCC(N)C(C)(C)C1)c1ccccc1. The summed E-state index contributed by atoms with van der Waals surface area (Å²) in [5.74, 6) is -0.0244. The van der Waals surface area contributed by atoms with Gasteiger partial charge in [-0.1, -0.05) is 44.2 Å². The highest BCUT2D eigenvalue weighted by atomic mass is 16.2. The van der Waals surface area contributed by atoms with Gasteiger partial charge >= 0.3 is 0 Å². The molecular weight excluding hydrogens is 250 g/mol. The van der Waals surface area contributed by atoms with Crippen LogP contribution in [0.3, 0.4) is 0 Å². The van der Waals surface area contributed by atoms with Crippen molar-refractivity contribution >= 4 is 5.91 Å². The van der Waals surface area contributed by atoms with Gasteiger partial charge in [-0.25, -0.2) is 0 Å². The molecule has 4 heteroatoms. The highest BCUT2D eigenvalue weighted by molar-refractivity contribution is 5.87.